The molecule has 0 amide bonds. The summed E-state index contributed by atoms with van der Waals surface area (Å²) in [5.74, 6) is 0. The Morgan fingerprint density at radius 3 is 0.692 bits per heavy atom. The summed E-state index contributed by atoms with van der Waals surface area (Å²) in [6, 6.07) is 0. The van der Waals surface area contributed by atoms with Crippen molar-refractivity contribution in [1.82, 2.24) is 0 Å². The molecule has 0 radical (unpaired) electrons. The van der Waals surface area contributed by atoms with E-state index in [0.717, 1.165) is 0 Å². The van der Waals surface area contributed by atoms with Crippen molar-refractivity contribution in [2.45, 2.75) is 0 Å². The Balaban J connectivity index is -0.0000000267. The maximum Gasteiger partial charge on any atom is 3.00 e. The maximum absolute atomic E-state index is 8.55. The average molecular weight is 248 g/mol. The van der Waals surface area contributed by atoms with Crippen molar-refractivity contribution in [2.24, 2.45) is 0 Å². The second-order valence-electron chi connectivity index (χ2n) is 0.894. The fourth-order valence-electron chi connectivity index (χ4n) is 0. The zero-order chi connectivity index (χ0) is 9.00. The summed E-state index contributed by atoms with van der Waals surface area (Å²) in [5, 5.41) is 0. The molecule has 0 aromatic rings. The fraction of sp³-hybridized carbons (Fsp3) is 0. The predicted molar refractivity (Wildman–Crippen MR) is 26.7 cm³/mol. The van der Waals surface area contributed by atoms with Gasteiger partial charge in [0.1, 0.15) is 0 Å². The summed E-state index contributed by atoms with van der Waals surface area (Å²) in [4.78, 5) is 51.3. The van der Waals surface area contributed by atoms with Crippen LogP contribution in [0.3, 0.4) is 0 Å². The monoisotopic (exact) mass is 248 g/mol. The minimum absolute atomic E-state index is 0. The van der Waals surface area contributed by atoms with E-state index in [1.807, 2.05) is 0 Å². The normalized spacial score (nSPS) is 9.08. The topological polar surface area (TPSA) is 172 Å². The molecule has 0 bridgehead atoms. The van der Waals surface area contributed by atoms with Crippen molar-refractivity contribution in [1.29, 1.82) is 0 Å². The van der Waals surface area contributed by atoms with Gasteiger partial charge in [-0.25, -0.2) is 0 Å². The first-order valence-electron chi connectivity index (χ1n) is 1.46. The van der Waals surface area contributed by atoms with E-state index in [-0.39, 0.29) is 61.0 Å². The standard InChI is InChI=1S/B.Mg.Na.2H3O4P/c;;;2*1-5(2,3)4/h;;;2*(H3,1,2,3,4)/q+3;+2;+1;;/p-6. The summed E-state index contributed by atoms with van der Waals surface area (Å²) in [6.07, 6.45) is 0. The van der Waals surface area contributed by atoms with Crippen molar-refractivity contribution < 1.29 is 68.0 Å². The van der Waals surface area contributed by atoms with Gasteiger partial charge in [-0.2, -0.15) is 15.6 Å². The molecule has 0 N–H and O–H groups in total. The Morgan fingerprint density at radius 2 is 0.692 bits per heavy atom. The van der Waals surface area contributed by atoms with Gasteiger partial charge in [0, 0.05) is 0 Å². The van der Waals surface area contributed by atoms with Crippen LogP contribution < -0.4 is 58.9 Å². The van der Waals surface area contributed by atoms with E-state index in [1.54, 1.807) is 0 Å². The number of hydrogen-bond donors (Lipinski definition) is 0. The Labute approximate surface area is 114 Å². The number of rotatable bonds is 0. The van der Waals surface area contributed by atoms with Crippen LogP contribution in [0.2, 0.25) is 0 Å². The van der Waals surface area contributed by atoms with Gasteiger partial charge in [-0.1, -0.05) is 0 Å². The molecule has 0 heterocycles. The Morgan fingerprint density at radius 1 is 0.692 bits per heavy atom. The average Bonchev–Trinajstić information content (AvgIpc) is 1.12. The van der Waals surface area contributed by atoms with Crippen LogP contribution in [0.4, 0.5) is 0 Å². The summed E-state index contributed by atoms with van der Waals surface area (Å²) in [6.45, 7) is 0. The molecule has 0 fully saturated rings. The van der Waals surface area contributed by atoms with Crippen molar-refractivity contribution in [3.05, 3.63) is 0 Å². The van der Waals surface area contributed by atoms with Crippen LogP contribution >= 0.6 is 15.6 Å². The van der Waals surface area contributed by atoms with Crippen LogP contribution in [0.25, 0.3) is 0 Å². The van der Waals surface area contributed by atoms with Crippen LogP contribution in [0, 0.1) is 0 Å². The first kappa shape index (κ1) is 29.4. The molecule has 0 aliphatic rings. The molecule has 0 rings (SSSR count). The van der Waals surface area contributed by atoms with E-state index in [0.29, 0.717) is 0 Å². The van der Waals surface area contributed by atoms with Gasteiger partial charge < -0.3 is 38.5 Å². The largest absolute Gasteiger partial charge is 3.00 e. The summed E-state index contributed by atoms with van der Waals surface area (Å²) < 4.78 is 17.1. The minimum atomic E-state index is -5.39. The number of hydrogen-bond acceptors (Lipinski definition) is 8. The summed E-state index contributed by atoms with van der Waals surface area (Å²) in [7, 11) is -10.8. The number of phosphoric acid groups is 2. The molecule has 0 aromatic heterocycles. The van der Waals surface area contributed by atoms with Crippen molar-refractivity contribution >= 4 is 47.1 Å². The van der Waals surface area contributed by atoms with E-state index < -0.39 is 15.6 Å². The second-order valence-corrected chi connectivity index (χ2v) is 2.68. The SMILES string of the molecule is O=P([O-])([O-])[O-].O=P([O-])([O-])[O-].[B+3].[Mg+2].[Na+]. The summed E-state index contributed by atoms with van der Waals surface area (Å²) >= 11 is 0. The van der Waals surface area contributed by atoms with E-state index >= 15 is 0 Å². The quantitative estimate of drug-likeness (QED) is 0.300. The van der Waals surface area contributed by atoms with Crippen LogP contribution in [0.1, 0.15) is 0 Å². The molecule has 0 aromatic carbocycles. The van der Waals surface area contributed by atoms with E-state index in [1.165, 1.54) is 0 Å². The second kappa shape index (κ2) is 12.1. The molecule has 0 saturated heterocycles. The maximum atomic E-state index is 8.55. The van der Waals surface area contributed by atoms with E-state index in [9.17, 15) is 0 Å². The van der Waals surface area contributed by atoms with Crippen molar-refractivity contribution in [2.75, 3.05) is 0 Å². The molecule has 0 saturated carbocycles. The van der Waals surface area contributed by atoms with Gasteiger partial charge in [-0.15, -0.1) is 0 Å². The van der Waals surface area contributed by atoms with Gasteiger partial charge in [0.05, 0.1) is 0 Å². The first-order valence-corrected chi connectivity index (χ1v) is 4.38. The first-order chi connectivity index (χ1) is 4.00. The molecule has 8 nitrogen and oxygen atoms in total. The van der Waals surface area contributed by atoms with Crippen molar-refractivity contribution in [3.8, 4) is 0 Å². The van der Waals surface area contributed by atoms with E-state index in [4.69, 9.17) is 38.5 Å². The van der Waals surface area contributed by atoms with Crippen molar-refractivity contribution in [3.63, 3.8) is 0 Å². The van der Waals surface area contributed by atoms with Crippen LogP contribution in [0.15, 0.2) is 0 Å². The van der Waals surface area contributed by atoms with Crippen LogP contribution in [0.5, 0.6) is 0 Å². The zero-order valence-electron chi connectivity index (χ0n) is 6.44. The third-order valence-corrected chi connectivity index (χ3v) is 0. The molecule has 0 atom stereocenters. The third kappa shape index (κ3) is 485. The van der Waals surface area contributed by atoms with Gasteiger partial charge >= 0.3 is 61.0 Å². The van der Waals surface area contributed by atoms with E-state index in [2.05, 4.69) is 0 Å². The Hall–Kier alpha value is 2.05. The van der Waals surface area contributed by atoms with Crippen LogP contribution in [-0.4, -0.2) is 31.5 Å². The molecule has 0 unspecified atom stereocenters. The smallest absolute Gasteiger partial charge is 0.822 e. The minimum Gasteiger partial charge on any atom is -0.822 e. The zero-order valence-corrected chi connectivity index (χ0v) is 11.6. The van der Waals surface area contributed by atoms with Gasteiger partial charge in [0.15, 0.2) is 0 Å². The molecule has 0 aliphatic heterocycles. The molecule has 13 heavy (non-hydrogen) atoms. The summed E-state index contributed by atoms with van der Waals surface area (Å²) in [5.41, 5.74) is 0. The van der Waals surface area contributed by atoms with Gasteiger partial charge in [-0.05, 0) is 0 Å². The molecule has 0 aliphatic carbocycles. The van der Waals surface area contributed by atoms with Gasteiger partial charge in [-0.3, -0.25) is 0 Å². The molecule has 13 heteroatoms. The van der Waals surface area contributed by atoms with Gasteiger partial charge in [0.25, 0.3) is 0 Å². The van der Waals surface area contributed by atoms with Crippen LogP contribution in [-0.2, 0) is 9.13 Å². The molecular weight excluding hydrogens is 248 g/mol. The van der Waals surface area contributed by atoms with Gasteiger partial charge in [0.2, 0.25) is 0 Å². The third-order valence-electron chi connectivity index (χ3n) is 0. The molecule has 0 spiro atoms. The Bertz CT molecular complexity index is 134. The molecule has 64 valence electrons. The Kier molecular flexibility index (Phi) is 27.4. The molecular formula is BMgNaO8P2. The predicted octanol–water partition coefficient (Wildman–Crippen LogP) is -9.41. The fourth-order valence-corrected chi connectivity index (χ4v) is 0.